The van der Waals surface area contributed by atoms with Crippen LogP contribution in [0.5, 0.6) is 11.5 Å². The van der Waals surface area contributed by atoms with E-state index in [1.807, 2.05) is 18.2 Å². The highest BCUT2D eigenvalue weighted by atomic mass is 16.5. The van der Waals surface area contributed by atoms with Gasteiger partial charge in [0.25, 0.3) is 0 Å². The first-order chi connectivity index (χ1) is 9.74. The normalized spacial score (nSPS) is 17.8. The smallest absolute Gasteiger partial charge is 0.124 e. The summed E-state index contributed by atoms with van der Waals surface area (Å²) in [5.74, 6) is 1.40. The quantitative estimate of drug-likeness (QED) is 0.831. The van der Waals surface area contributed by atoms with Crippen LogP contribution in [-0.4, -0.2) is 44.0 Å². The van der Waals surface area contributed by atoms with Crippen molar-refractivity contribution in [2.24, 2.45) is 0 Å². The molecule has 1 aliphatic rings. The summed E-state index contributed by atoms with van der Waals surface area (Å²) >= 11 is 0. The highest BCUT2D eigenvalue weighted by molar-refractivity contribution is 5.41. The molecule has 0 aromatic heterocycles. The van der Waals surface area contributed by atoms with E-state index in [9.17, 15) is 5.11 Å². The van der Waals surface area contributed by atoms with Crippen LogP contribution in [0.15, 0.2) is 18.2 Å². The summed E-state index contributed by atoms with van der Waals surface area (Å²) in [7, 11) is 3.22. The van der Waals surface area contributed by atoms with Gasteiger partial charge >= 0.3 is 0 Å². The maximum absolute atomic E-state index is 10.4. The fourth-order valence-corrected chi connectivity index (χ4v) is 2.48. The Bertz CT molecular complexity index is 420. The van der Waals surface area contributed by atoms with Gasteiger partial charge in [0, 0.05) is 25.2 Å². The topological polar surface area (TPSA) is 54.0 Å². The van der Waals surface area contributed by atoms with Crippen LogP contribution in [0.3, 0.4) is 0 Å². The summed E-state index contributed by atoms with van der Waals surface area (Å²) in [6, 6.07) is 5.47. The lowest BCUT2D eigenvalue weighted by atomic mass is 10.1. The van der Waals surface area contributed by atoms with Crippen molar-refractivity contribution >= 4 is 0 Å². The number of methoxy groups -OCH3 is 2. The van der Waals surface area contributed by atoms with Gasteiger partial charge in [0.05, 0.1) is 20.3 Å². The molecule has 1 atom stereocenters. The SMILES string of the molecule is COc1ccc(OC)c(C(O)CNN2CCCCC2)c1. The van der Waals surface area contributed by atoms with Crippen LogP contribution in [0, 0.1) is 0 Å². The lowest BCUT2D eigenvalue weighted by Gasteiger charge is -2.28. The molecule has 1 aliphatic heterocycles. The van der Waals surface area contributed by atoms with Crippen molar-refractivity contribution in [2.75, 3.05) is 33.9 Å². The van der Waals surface area contributed by atoms with Crippen LogP contribution in [-0.2, 0) is 0 Å². The molecule has 1 aromatic carbocycles. The van der Waals surface area contributed by atoms with Crippen molar-refractivity contribution in [3.05, 3.63) is 23.8 Å². The molecular weight excluding hydrogens is 256 g/mol. The highest BCUT2D eigenvalue weighted by Crippen LogP contribution is 2.29. The first-order valence-corrected chi connectivity index (χ1v) is 7.13. The van der Waals surface area contributed by atoms with Crippen molar-refractivity contribution in [2.45, 2.75) is 25.4 Å². The number of aliphatic hydroxyl groups excluding tert-OH is 1. The Hall–Kier alpha value is -1.30. The van der Waals surface area contributed by atoms with Crippen LogP contribution in [0.2, 0.25) is 0 Å². The second kappa shape index (κ2) is 7.47. The van der Waals surface area contributed by atoms with E-state index in [1.54, 1.807) is 14.2 Å². The number of piperidine rings is 1. The van der Waals surface area contributed by atoms with Crippen molar-refractivity contribution < 1.29 is 14.6 Å². The van der Waals surface area contributed by atoms with Gasteiger partial charge < -0.3 is 14.6 Å². The average molecular weight is 280 g/mol. The third kappa shape index (κ3) is 3.85. The molecule has 0 bridgehead atoms. The van der Waals surface area contributed by atoms with E-state index in [0.717, 1.165) is 24.4 Å². The minimum Gasteiger partial charge on any atom is -0.497 e. The summed E-state index contributed by atoms with van der Waals surface area (Å²) in [5.41, 5.74) is 4.04. The molecule has 5 heteroatoms. The molecule has 20 heavy (non-hydrogen) atoms. The predicted molar refractivity (Wildman–Crippen MR) is 77.9 cm³/mol. The van der Waals surface area contributed by atoms with Gasteiger partial charge in [-0.05, 0) is 31.0 Å². The van der Waals surface area contributed by atoms with Crippen LogP contribution >= 0.6 is 0 Å². The molecule has 1 unspecified atom stereocenters. The van der Waals surface area contributed by atoms with Gasteiger partial charge in [-0.25, -0.2) is 5.01 Å². The third-order valence-corrected chi connectivity index (χ3v) is 3.66. The molecular formula is C15H24N2O3. The summed E-state index contributed by atoms with van der Waals surface area (Å²) in [6.07, 6.45) is 3.10. The fraction of sp³-hybridized carbons (Fsp3) is 0.600. The Morgan fingerprint density at radius 2 is 1.95 bits per heavy atom. The molecule has 2 rings (SSSR count). The van der Waals surface area contributed by atoms with Crippen molar-refractivity contribution in [3.63, 3.8) is 0 Å². The van der Waals surface area contributed by atoms with E-state index in [0.29, 0.717) is 12.3 Å². The summed E-state index contributed by atoms with van der Waals surface area (Å²) in [4.78, 5) is 0. The largest absolute Gasteiger partial charge is 0.497 e. The molecule has 112 valence electrons. The Labute approximate surface area is 120 Å². The van der Waals surface area contributed by atoms with E-state index in [1.165, 1.54) is 19.3 Å². The number of nitrogens with zero attached hydrogens (tertiary/aromatic N) is 1. The maximum atomic E-state index is 10.4. The number of aliphatic hydroxyl groups is 1. The number of hydrogen-bond donors (Lipinski definition) is 2. The zero-order chi connectivity index (χ0) is 14.4. The Balaban J connectivity index is 1.98. The van der Waals surface area contributed by atoms with Gasteiger partial charge in [0.2, 0.25) is 0 Å². The van der Waals surface area contributed by atoms with Crippen molar-refractivity contribution in [3.8, 4) is 11.5 Å². The molecule has 2 N–H and O–H groups in total. The van der Waals surface area contributed by atoms with Gasteiger partial charge in [-0.15, -0.1) is 0 Å². The molecule has 1 saturated heterocycles. The van der Waals surface area contributed by atoms with Gasteiger partial charge in [-0.2, -0.15) is 0 Å². The summed E-state index contributed by atoms with van der Waals surface area (Å²) < 4.78 is 10.5. The molecule has 0 saturated carbocycles. The van der Waals surface area contributed by atoms with Crippen molar-refractivity contribution in [1.29, 1.82) is 0 Å². The highest BCUT2D eigenvalue weighted by Gasteiger charge is 2.16. The maximum Gasteiger partial charge on any atom is 0.124 e. The molecule has 0 aliphatic carbocycles. The summed E-state index contributed by atoms with van der Waals surface area (Å²) in [5, 5.41) is 12.5. The third-order valence-electron chi connectivity index (χ3n) is 3.66. The van der Waals surface area contributed by atoms with Crippen LogP contribution < -0.4 is 14.9 Å². The van der Waals surface area contributed by atoms with Crippen LogP contribution in [0.25, 0.3) is 0 Å². The average Bonchev–Trinajstić information content (AvgIpc) is 2.52. The first-order valence-electron chi connectivity index (χ1n) is 7.13. The monoisotopic (exact) mass is 280 g/mol. The zero-order valence-corrected chi connectivity index (χ0v) is 12.3. The molecule has 1 aromatic rings. The molecule has 0 radical (unpaired) electrons. The van der Waals surface area contributed by atoms with E-state index >= 15 is 0 Å². The minimum atomic E-state index is -0.623. The molecule has 0 spiro atoms. The van der Waals surface area contributed by atoms with Gasteiger partial charge in [0.15, 0.2) is 0 Å². The number of ether oxygens (including phenoxy) is 2. The Morgan fingerprint density at radius 1 is 1.20 bits per heavy atom. The Kier molecular flexibility index (Phi) is 5.64. The van der Waals surface area contributed by atoms with Crippen molar-refractivity contribution in [1.82, 2.24) is 10.4 Å². The number of rotatable bonds is 6. The van der Waals surface area contributed by atoms with Crippen LogP contribution in [0.1, 0.15) is 30.9 Å². The number of hydrazine groups is 1. The standard InChI is InChI=1S/C15H24N2O3/c1-19-12-6-7-15(20-2)13(10-12)14(18)11-16-17-8-4-3-5-9-17/h6-7,10,14,16,18H,3-5,8-9,11H2,1-2H3. The predicted octanol–water partition coefficient (Wildman–Crippen LogP) is 1.73. The second-order valence-electron chi connectivity index (χ2n) is 5.03. The molecule has 5 nitrogen and oxygen atoms in total. The summed E-state index contributed by atoms with van der Waals surface area (Å²) in [6.45, 7) is 2.56. The second-order valence-corrected chi connectivity index (χ2v) is 5.03. The molecule has 0 amide bonds. The minimum absolute atomic E-state index is 0.476. The first kappa shape index (κ1) is 15.1. The number of nitrogens with one attached hydrogen (secondary N) is 1. The zero-order valence-electron chi connectivity index (χ0n) is 12.3. The molecule has 1 fully saturated rings. The number of benzene rings is 1. The van der Waals surface area contributed by atoms with E-state index in [-0.39, 0.29) is 0 Å². The fourth-order valence-electron chi connectivity index (χ4n) is 2.48. The van der Waals surface area contributed by atoms with Crippen LogP contribution in [0.4, 0.5) is 0 Å². The molecule has 1 heterocycles. The lowest BCUT2D eigenvalue weighted by Crippen LogP contribution is -2.43. The van der Waals surface area contributed by atoms with Gasteiger partial charge in [0.1, 0.15) is 11.5 Å². The van der Waals surface area contributed by atoms with E-state index in [4.69, 9.17) is 9.47 Å². The van der Waals surface area contributed by atoms with Gasteiger partial charge in [-0.3, -0.25) is 5.43 Å². The van der Waals surface area contributed by atoms with E-state index < -0.39 is 6.10 Å². The van der Waals surface area contributed by atoms with Gasteiger partial charge in [-0.1, -0.05) is 6.42 Å². The number of hydrogen-bond acceptors (Lipinski definition) is 5. The lowest BCUT2D eigenvalue weighted by molar-refractivity contribution is 0.0981. The Morgan fingerprint density at radius 3 is 2.60 bits per heavy atom. The van der Waals surface area contributed by atoms with E-state index in [2.05, 4.69) is 10.4 Å².